The summed E-state index contributed by atoms with van der Waals surface area (Å²) in [6, 6.07) is 3.57. The lowest BCUT2D eigenvalue weighted by Crippen LogP contribution is -2.46. The molecule has 186 valence electrons. The number of aryl methyl sites for hydroxylation is 1. The van der Waals surface area contributed by atoms with Crippen LogP contribution in [0.2, 0.25) is 0 Å². The Morgan fingerprint density at radius 3 is 2.59 bits per heavy atom. The Hall–Kier alpha value is -3.47. The van der Waals surface area contributed by atoms with Crippen molar-refractivity contribution in [3.63, 3.8) is 0 Å². The molecule has 0 saturated heterocycles. The van der Waals surface area contributed by atoms with E-state index in [1.807, 2.05) is 33.8 Å². The number of likely N-dealkylation sites (N-methyl/N-ethyl adjacent to an activating group) is 1. The van der Waals surface area contributed by atoms with Crippen molar-refractivity contribution in [3.8, 4) is 0 Å². The Balaban J connectivity index is 2.21. The zero-order valence-corrected chi connectivity index (χ0v) is 20.6. The summed E-state index contributed by atoms with van der Waals surface area (Å²) in [6.07, 6.45) is 3.02. The molecule has 2 aromatic rings. The monoisotopic (exact) mass is 473 g/mol. The van der Waals surface area contributed by atoms with Crippen LogP contribution in [0.25, 0.3) is 0 Å². The van der Waals surface area contributed by atoms with Crippen LogP contribution in [-0.4, -0.2) is 57.9 Å². The molecule has 0 unspecified atom stereocenters. The Kier molecular flexibility index (Phi) is 9.55. The molecule has 2 heterocycles. The van der Waals surface area contributed by atoms with Gasteiger partial charge in [-0.05, 0) is 44.0 Å². The molecule has 11 nitrogen and oxygen atoms in total. The van der Waals surface area contributed by atoms with Gasteiger partial charge in [0.15, 0.2) is 5.69 Å². The zero-order chi connectivity index (χ0) is 25.4. The molecule has 0 radical (unpaired) electrons. The molecule has 0 atom stereocenters. The fourth-order valence-electron chi connectivity index (χ4n) is 3.47. The molecule has 4 N–H and O–H groups in total. The summed E-state index contributed by atoms with van der Waals surface area (Å²) >= 11 is 0. The summed E-state index contributed by atoms with van der Waals surface area (Å²) in [6.45, 7) is 8.08. The highest BCUT2D eigenvalue weighted by Gasteiger charge is 2.25. The predicted octanol–water partition coefficient (Wildman–Crippen LogP) is 1.18. The number of nitrogens with two attached hydrogens (primary N) is 1. The van der Waals surface area contributed by atoms with Gasteiger partial charge in [-0.25, -0.2) is 9.78 Å². The number of H-pyrrole nitrogens is 1. The number of hydrogen-bond acceptors (Lipinski definition) is 7. The summed E-state index contributed by atoms with van der Waals surface area (Å²) in [5.41, 5.74) is 5.82. The summed E-state index contributed by atoms with van der Waals surface area (Å²) in [4.78, 5) is 59.8. The number of amides is 2. The molecule has 11 heteroatoms. The molecular formula is C23H35N7O4. The number of carbonyl (C=O) groups is 2. The van der Waals surface area contributed by atoms with Crippen LogP contribution in [0.3, 0.4) is 0 Å². The third-order valence-electron chi connectivity index (χ3n) is 5.07. The van der Waals surface area contributed by atoms with Crippen molar-refractivity contribution in [2.45, 2.75) is 47.1 Å². The van der Waals surface area contributed by atoms with Crippen LogP contribution in [0.5, 0.6) is 0 Å². The molecule has 0 aliphatic rings. The molecule has 0 fully saturated rings. The minimum Gasteiger partial charge on any atom is -0.383 e. The summed E-state index contributed by atoms with van der Waals surface area (Å²) in [5.74, 6) is -0.231. The number of unbranched alkanes of at least 4 members (excludes halogenated alkanes) is 1. The van der Waals surface area contributed by atoms with Crippen molar-refractivity contribution >= 4 is 29.1 Å². The molecule has 0 spiro atoms. The van der Waals surface area contributed by atoms with Crippen LogP contribution in [0, 0.1) is 12.8 Å². The first-order valence-corrected chi connectivity index (χ1v) is 11.4. The first kappa shape index (κ1) is 26.8. The van der Waals surface area contributed by atoms with Crippen molar-refractivity contribution in [2.24, 2.45) is 5.92 Å². The minimum atomic E-state index is -0.710. The van der Waals surface area contributed by atoms with Gasteiger partial charge < -0.3 is 16.0 Å². The van der Waals surface area contributed by atoms with E-state index in [0.29, 0.717) is 18.8 Å². The predicted molar refractivity (Wildman–Crippen MR) is 133 cm³/mol. The number of hydrogen-bond donors (Lipinski definition) is 3. The van der Waals surface area contributed by atoms with Gasteiger partial charge in [-0.2, -0.15) is 0 Å². The van der Waals surface area contributed by atoms with Gasteiger partial charge in [-0.15, -0.1) is 0 Å². The van der Waals surface area contributed by atoms with Crippen LogP contribution in [0.4, 0.5) is 17.3 Å². The van der Waals surface area contributed by atoms with Crippen LogP contribution in [-0.2, 0) is 16.1 Å². The summed E-state index contributed by atoms with van der Waals surface area (Å²) < 4.78 is 1.28. The van der Waals surface area contributed by atoms with E-state index < -0.39 is 17.2 Å². The highest BCUT2D eigenvalue weighted by molar-refractivity contribution is 5.97. The molecule has 0 aliphatic carbocycles. The lowest BCUT2D eigenvalue weighted by molar-refractivity contribution is -0.121. The maximum absolute atomic E-state index is 13.2. The molecular weight excluding hydrogens is 438 g/mol. The van der Waals surface area contributed by atoms with Gasteiger partial charge in [0, 0.05) is 19.3 Å². The lowest BCUT2D eigenvalue weighted by atomic mass is 10.2. The van der Waals surface area contributed by atoms with Crippen molar-refractivity contribution in [1.82, 2.24) is 19.4 Å². The standard InChI is InChI=1S/C23H35N7O4/c1-6-7-10-29(20-21(24)30(12-15(2)3)23(34)27-22(20)33)19(32)14-28(5)13-18(31)26-17-11-16(4)8-9-25-17/h8-9,11,15H,6-7,10,12-14,24H2,1-5H3,(H,25,26,31)(H,27,33,34). The molecule has 0 saturated carbocycles. The summed E-state index contributed by atoms with van der Waals surface area (Å²) in [5, 5.41) is 2.70. The lowest BCUT2D eigenvalue weighted by Gasteiger charge is -2.26. The average molecular weight is 474 g/mol. The van der Waals surface area contributed by atoms with E-state index >= 15 is 0 Å². The number of aromatic nitrogens is 3. The number of anilines is 3. The fourth-order valence-corrected chi connectivity index (χ4v) is 3.47. The van der Waals surface area contributed by atoms with E-state index in [1.54, 1.807) is 24.2 Å². The van der Waals surface area contributed by atoms with Gasteiger partial charge >= 0.3 is 5.69 Å². The first-order chi connectivity index (χ1) is 16.0. The maximum atomic E-state index is 13.2. The minimum absolute atomic E-state index is 0.0412. The van der Waals surface area contributed by atoms with Gasteiger partial charge in [-0.3, -0.25) is 28.8 Å². The topological polar surface area (TPSA) is 146 Å². The Labute approximate surface area is 199 Å². The Bertz CT molecular complexity index is 1120. The second-order valence-corrected chi connectivity index (χ2v) is 8.84. The molecule has 2 rings (SSSR count). The Morgan fingerprint density at radius 2 is 1.97 bits per heavy atom. The smallest absolute Gasteiger partial charge is 0.330 e. The van der Waals surface area contributed by atoms with Crippen LogP contribution in [0.1, 0.15) is 39.2 Å². The van der Waals surface area contributed by atoms with E-state index in [4.69, 9.17) is 5.73 Å². The second kappa shape index (κ2) is 12.1. The normalized spacial score (nSPS) is 11.1. The Morgan fingerprint density at radius 1 is 1.26 bits per heavy atom. The fraction of sp³-hybridized carbons (Fsp3) is 0.522. The molecule has 2 aromatic heterocycles. The zero-order valence-electron chi connectivity index (χ0n) is 20.6. The molecule has 34 heavy (non-hydrogen) atoms. The third kappa shape index (κ3) is 7.27. The van der Waals surface area contributed by atoms with Crippen LogP contribution in [0.15, 0.2) is 27.9 Å². The SMILES string of the molecule is CCCCN(C(=O)CN(C)CC(=O)Nc1cc(C)ccn1)c1c(N)n(CC(C)C)c(=O)[nH]c1=O. The van der Waals surface area contributed by atoms with Crippen molar-refractivity contribution in [1.29, 1.82) is 0 Å². The van der Waals surface area contributed by atoms with Crippen LogP contribution >= 0.6 is 0 Å². The maximum Gasteiger partial charge on any atom is 0.330 e. The largest absolute Gasteiger partial charge is 0.383 e. The van der Waals surface area contributed by atoms with E-state index in [9.17, 15) is 19.2 Å². The van der Waals surface area contributed by atoms with Crippen molar-refractivity contribution in [2.75, 3.05) is 42.6 Å². The third-order valence-corrected chi connectivity index (χ3v) is 5.07. The van der Waals surface area contributed by atoms with Gasteiger partial charge in [0.25, 0.3) is 5.56 Å². The quantitative estimate of drug-likeness (QED) is 0.444. The van der Waals surface area contributed by atoms with Gasteiger partial charge in [0.05, 0.1) is 13.1 Å². The van der Waals surface area contributed by atoms with E-state index in [-0.39, 0.29) is 43.0 Å². The van der Waals surface area contributed by atoms with Crippen molar-refractivity contribution < 1.29 is 9.59 Å². The number of pyridine rings is 1. The number of nitrogens with one attached hydrogen (secondary N) is 2. The average Bonchev–Trinajstić information content (AvgIpc) is 2.72. The number of nitrogens with zero attached hydrogens (tertiary/aromatic N) is 4. The van der Waals surface area contributed by atoms with E-state index in [0.717, 1.165) is 12.0 Å². The highest BCUT2D eigenvalue weighted by Crippen LogP contribution is 2.19. The molecule has 0 aromatic carbocycles. The van der Waals surface area contributed by atoms with E-state index in [2.05, 4.69) is 15.3 Å². The number of rotatable bonds is 11. The van der Waals surface area contributed by atoms with Gasteiger partial charge in [0.1, 0.15) is 11.6 Å². The number of carbonyl (C=O) groups excluding carboxylic acids is 2. The van der Waals surface area contributed by atoms with Gasteiger partial charge in [0.2, 0.25) is 11.8 Å². The molecule has 0 bridgehead atoms. The molecule has 2 amide bonds. The van der Waals surface area contributed by atoms with Crippen molar-refractivity contribution in [3.05, 3.63) is 44.7 Å². The summed E-state index contributed by atoms with van der Waals surface area (Å²) in [7, 11) is 1.63. The van der Waals surface area contributed by atoms with Gasteiger partial charge in [-0.1, -0.05) is 27.2 Å². The number of nitrogen functional groups attached to an aromatic ring is 1. The highest BCUT2D eigenvalue weighted by atomic mass is 16.2. The number of aromatic amines is 1. The molecule has 0 aliphatic heterocycles. The second-order valence-electron chi connectivity index (χ2n) is 8.84. The van der Waals surface area contributed by atoms with E-state index in [1.165, 1.54) is 9.47 Å². The first-order valence-electron chi connectivity index (χ1n) is 11.4. The van der Waals surface area contributed by atoms with Crippen LogP contribution < -0.4 is 27.2 Å².